The van der Waals surface area contributed by atoms with Crippen LogP contribution in [0.5, 0.6) is 0 Å². The quantitative estimate of drug-likeness (QED) is 0.627. The van der Waals surface area contributed by atoms with Crippen LogP contribution in [0.2, 0.25) is 0 Å². The molecule has 0 saturated heterocycles. The first-order valence-corrected chi connectivity index (χ1v) is 6.86. The van der Waals surface area contributed by atoms with Gasteiger partial charge in [-0.1, -0.05) is 19.8 Å². The second-order valence-electron chi connectivity index (χ2n) is 6.24. The van der Waals surface area contributed by atoms with Crippen molar-refractivity contribution in [1.29, 1.82) is 0 Å². The van der Waals surface area contributed by atoms with Gasteiger partial charge in [0, 0.05) is 0 Å². The smallest absolute Gasteiger partial charge is 0.0357 e. The van der Waals surface area contributed by atoms with E-state index in [1.54, 1.807) is 38.5 Å². The molecule has 4 aliphatic rings. The van der Waals surface area contributed by atoms with Crippen LogP contribution < -0.4 is 0 Å². The van der Waals surface area contributed by atoms with Gasteiger partial charge in [-0.25, -0.2) is 0 Å². The lowest BCUT2D eigenvalue weighted by Crippen LogP contribution is -2.44. The van der Waals surface area contributed by atoms with Crippen molar-refractivity contribution in [2.45, 2.75) is 58.3 Å². The molecule has 4 saturated carbocycles. The van der Waals surface area contributed by atoms with Crippen LogP contribution in [0.4, 0.5) is 0 Å². The highest BCUT2D eigenvalue weighted by atomic mass is 14.5. The molecule has 0 heteroatoms. The molecule has 4 rings (SSSR count). The Balaban J connectivity index is 1.69. The van der Waals surface area contributed by atoms with Crippen molar-refractivity contribution in [3.8, 4) is 0 Å². The molecule has 4 aliphatic carbocycles. The Bertz CT molecular complexity index is 178. The fraction of sp³-hybridized carbons (Fsp3) is 1.00. The van der Waals surface area contributed by atoms with Gasteiger partial charge in [0.25, 0.3) is 0 Å². The molecule has 0 heterocycles. The summed E-state index contributed by atoms with van der Waals surface area (Å²) in [5, 5.41) is 0. The van der Waals surface area contributed by atoms with Crippen molar-refractivity contribution in [2.75, 3.05) is 0 Å². The van der Waals surface area contributed by atoms with Crippen molar-refractivity contribution in [1.82, 2.24) is 0 Å². The maximum atomic E-state index is 2.34. The van der Waals surface area contributed by atoms with E-state index in [-0.39, 0.29) is 0 Å². The van der Waals surface area contributed by atoms with Crippen LogP contribution in [0.3, 0.4) is 0 Å². The van der Waals surface area contributed by atoms with E-state index in [0.29, 0.717) is 0 Å². The Labute approximate surface area is 88.5 Å². The summed E-state index contributed by atoms with van der Waals surface area (Å²) >= 11 is 0. The lowest BCUT2D eigenvalue weighted by atomic mass is 9.51. The molecule has 0 aromatic heterocycles. The summed E-state index contributed by atoms with van der Waals surface area (Å²) in [5.41, 5.74) is 0. The summed E-state index contributed by atoms with van der Waals surface area (Å²) < 4.78 is 0. The summed E-state index contributed by atoms with van der Waals surface area (Å²) in [7, 11) is 0. The van der Waals surface area contributed by atoms with E-state index in [2.05, 4.69) is 6.92 Å². The fourth-order valence-corrected chi connectivity index (χ4v) is 4.95. The standard InChI is InChI=1S/C14H24/c1-2-3-4-14-12-6-10-5-11(8-12)9-13(14)7-10/h10-14H,2-9H2,1H3. The summed E-state index contributed by atoms with van der Waals surface area (Å²) in [6.07, 6.45) is 12.5. The zero-order valence-corrected chi connectivity index (χ0v) is 9.54. The van der Waals surface area contributed by atoms with Crippen LogP contribution >= 0.6 is 0 Å². The lowest BCUT2D eigenvalue weighted by molar-refractivity contribution is -0.0403. The topological polar surface area (TPSA) is 0 Å². The van der Waals surface area contributed by atoms with Crippen molar-refractivity contribution in [2.24, 2.45) is 29.6 Å². The van der Waals surface area contributed by atoms with Gasteiger partial charge in [0.2, 0.25) is 0 Å². The third kappa shape index (κ3) is 1.42. The van der Waals surface area contributed by atoms with Crippen LogP contribution in [0.25, 0.3) is 0 Å². The predicted molar refractivity (Wildman–Crippen MR) is 60.1 cm³/mol. The summed E-state index contributed by atoms with van der Waals surface area (Å²) in [5.74, 6) is 5.81. The van der Waals surface area contributed by atoms with Gasteiger partial charge in [-0.15, -0.1) is 0 Å². The second-order valence-corrected chi connectivity index (χ2v) is 6.24. The molecule has 0 amide bonds. The van der Waals surface area contributed by atoms with Crippen molar-refractivity contribution < 1.29 is 0 Å². The summed E-state index contributed by atoms with van der Waals surface area (Å²) in [4.78, 5) is 0. The number of unbranched alkanes of at least 4 members (excludes halogenated alkanes) is 1. The molecule has 4 fully saturated rings. The number of hydrogen-bond donors (Lipinski definition) is 0. The van der Waals surface area contributed by atoms with Crippen LogP contribution in [-0.4, -0.2) is 0 Å². The molecule has 0 spiro atoms. The monoisotopic (exact) mass is 192 g/mol. The van der Waals surface area contributed by atoms with Gasteiger partial charge >= 0.3 is 0 Å². The van der Waals surface area contributed by atoms with Crippen LogP contribution in [0, 0.1) is 29.6 Å². The Hall–Kier alpha value is 0. The van der Waals surface area contributed by atoms with Gasteiger partial charge in [0.05, 0.1) is 0 Å². The highest BCUT2D eigenvalue weighted by Crippen LogP contribution is 2.57. The summed E-state index contributed by atoms with van der Waals surface area (Å²) in [6, 6.07) is 0. The normalized spacial score (nSPS) is 49.9. The predicted octanol–water partition coefficient (Wildman–Crippen LogP) is 4.25. The molecule has 0 atom stereocenters. The van der Waals surface area contributed by atoms with E-state index < -0.39 is 0 Å². The molecular formula is C14H24. The molecule has 0 aromatic rings. The molecule has 0 aliphatic heterocycles. The van der Waals surface area contributed by atoms with Gasteiger partial charge < -0.3 is 0 Å². The summed E-state index contributed by atoms with van der Waals surface area (Å²) in [6.45, 7) is 2.34. The fourth-order valence-electron chi connectivity index (χ4n) is 4.95. The van der Waals surface area contributed by atoms with E-state index in [4.69, 9.17) is 0 Å². The minimum Gasteiger partial charge on any atom is -0.0654 e. The van der Waals surface area contributed by atoms with Crippen molar-refractivity contribution in [3.63, 3.8) is 0 Å². The maximum Gasteiger partial charge on any atom is -0.0357 e. The average Bonchev–Trinajstić information content (AvgIpc) is 2.15. The van der Waals surface area contributed by atoms with Gasteiger partial charge in [-0.3, -0.25) is 0 Å². The molecule has 0 unspecified atom stereocenters. The van der Waals surface area contributed by atoms with Gasteiger partial charge in [-0.05, 0) is 68.1 Å². The largest absolute Gasteiger partial charge is 0.0654 e. The zero-order valence-electron chi connectivity index (χ0n) is 9.54. The highest BCUT2D eigenvalue weighted by Gasteiger charge is 2.47. The van der Waals surface area contributed by atoms with Crippen molar-refractivity contribution >= 4 is 0 Å². The minimum atomic E-state index is 1.16. The lowest BCUT2D eigenvalue weighted by Gasteiger charge is -2.54. The van der Waals surface area contributed by atoms with E-state index in [1.807, 2.05) is 0 Å². The van der Waals surface area contributed by atoms with Gasteiger partial charge in [-0.2, -0.15) is 0 Å². The SMILES string of the molecule is CCCCC1C2CC3CC(C2)CC1C3. The zero-order chi connectivity index (χ0) is 9.54. The first-order valence-electron chi connectivity index (χ1n) is 6.86. The number of hydrogen-bond acceptors (Lipinski definition) is 0. The molecule has 0 aromatic carbocycles. The Kier molecular flexibility index (Phi) is 2.34. The molecule has 80 valence electrons. The first kappa shape index (κ1) is 9.24. The third-order valence-corrected chi connectivity index (χ3v) is 5.31. The van der Waals surface area contributed by atoms with Crippen molar-refractivity contribution in [3.05, 3.63) is 0 Å². The van der Waals surface area contributed by atoms with Crippen LogP contribution in [-0.2, 0) is 0 Å². The Morgan fingerprint density at radius 1 is 0.857 bits per heavy atom. The maximum absolute atomic E-state index is 2.34. The second kappa shape index (κ2) is 3.54. The van der Waals surface area contributed by atoms with E-state index in [0.717, 1.165) is 29.6 Å². The molecule has 4 bridgehead atoms. The number of rotatable bonds is 3. The molecule has 0 nitrogen and oxygen atoms in total. The minimum absolute atomic E-state index is 1.16. The van der Waals surface area contributed by atoms with Crippen LogP contribution in [0.1, 0.15) is 58.3 Å². The molecule has 0 N–H and O–H groups in total. The molecular weight excluding hydrogens is 168 g/mol. The van der Waals surface area contributed by atoms with E-state index in [1.165, 1.54) is 12.8 Å². The Morgan fingerprint density at radius 2 is 1.43 bits per heavy atom. The van der Waals surface area contributed by atoms with E-state index in [9.17, 15) is 0 Å². The highest BCUT2D eigenvalue weighted by molar-refractivity contribution is 4.97. The van der Waals surface area contributed by atoms with Crippen LogP contribution in [0.15, 0.2) is 0 Å². The average molecular weight is 192 g/mol. The molecule has 14 heavy (non-hydrogen) atoms. The molecule has 0 radical (unpaired) electrons. The Morgan fingerprint density at radius 3 is 1.93 bits per heavy atom. The first-order chi connectivity index (χ1) is 6.86. The van der Waals surface area contributed by atoms with Gasteiger partial charge in [0.1, 0.15) is 0 Å². The third-order valence-electron chi connectivity index (χ3n) is 5.31. The van der Waals surface area contributed by atoms with E-state index >= 15 is 0 Å². The van der Waals surface area contributed by atoms with Gasteiger partial charge in [0.15, 0.2) is 0 Å².